The largest absolute Gasteiger partial charge is 0.0636 e. The third-order valence-corrected chi connectivity index (χ3v) is 5.81. The second-order valence-corrected chi connectivity index (χ2v) is 5.65. The zero-order chi connectivity index (χ0) is 7.45. The van der Waals surface area contributed by atoms with Crippen LogP contribution >= 0.6 is 0 Å². The summed E-state index contributed by atoms with van der Waals surface area (Å²) >= 11 is 0. The number of rotatable bonds is 0. The first kappa shape index (κ1) is 5.47. The molecule has 8 bridgehead atoms. The van der Waals surface area contributed by atoms with Crippen LogP contribution in [0.4, 0.5) is 0 Å². The van der Waals surface area contributed by atoms with Gasteiger partial charge in [-0.25, -0.2) is 0 Å². The van der Waals surface area contributed by atoms with Gasteiger partial charge in [0.15, 0.2) is 0 Å². The van der Waals surface area contributed by atoms with Crippen molar-refractivity contribution < 1.29 is 0 Å². The fourth-order valence-corrected chi connectivity index (χ4v) is 5.98. The van der Waals surface area contributed by atoms with E-state index in [1.807, 2.05) is 11.1 Å². The molecule has 4 atom stereocenters. The van der Waals surface area contributed by atoms with Gasteiger partial charge in [-0.05, 0) is 61.2 Å². The van der Waals surface area contributed by atoms with E-state index in [1.54, 1.807) is 25.7 Å². The molecule has 0 nitrogen and oxygen atoms in total. The van der Waals surface area contributed by atoms with Gasteiger partial charge in [-0.1, -0.05) is 11.1 Å². The molecule has 0 amide bonds. The van der Waals surface area contributed by atoms with Gasteiger partial charge in [0.2, 0.25) is 0 Å². The molecule has 0 aliphatic heterocycles. The predicted octanol–water partition coefficient (Wildman–Crippen LogP) is 2.61. The second kappa shape index (κ2) is 1.32. The molecule has 0 spiro atoms. The first-order valence-electron chi connectivity index (χ1n) is 5.70. The average Bonchev–Trinajstić information content (AvgIpc) is 2.84. The van der Waals surface area contributed by atoms with E-state index >= 15 is 0 Å². The van der Waals surface area contributed by atoms with Gasteiger partial charge in [0.1, 0.15) is 0 Å². The van der Waals surface area contributed by atoms with Crippen molar-refractivity contribution in [3.63, 3.8) is 0 Å². The Balaban J connectivity index is 1.93. The van der Waals surface area contributed by atoms with E-state index in [4.69, 9.17) is 0 Å². The van der Waals surface area contributed by atoms with Gasteiger partial charge in [0.05, 0.1) is 0 Å². The minimum atomic E-state index is 1.14. The van der Waals surface area contributed by atoms with Crippen molar-refractivity contribution in [2.45, 2.75) is 25.7 Å². The maximum atomic E-state index is 2.04. The molecule has 0 aromatic heterocycles. The van der Waals surface area contributed by atoms with Crippen molar-refractivity contribution in [1.82, 2.24) is 0 Å². The van der Waals surface area contributed by atoms with E-state index in [9.17, 15) is 0 Å². The molecule has 0 N–H and O–H groups in total. The third-order valence-electron chi connectivity index (χ3n) is 5.81. The molecule has 0 saturated heterocycles. The molecular formula is C12H14. The van der Waals surface area contributed by atoms with Crippen LogP contribution in [-0.2, 0) is 0 Å². The van der Waals surface area contributed by atoms with Gasteiger partial charge < -0.3 is 0 Å². The smallest absolute Gasteiger partial charge is 0.0160 e. The molecule has 6 aliphatic carbocycles. The summed E-state index contributed by atoms with van der Waals surface area (Å²) in [5.41, 5.74) is 4.08. The molecule has 6 aliphatic rings. The Morgan fingerprint density at radius 2 is 0.917 bits per heavy atom. The highest BCUT2D eigenvalue weighted by Gasteiger charge is 2.70. The number of allylic oxidation sites excluding steroid dienone is 2. The Morgan fingerprint density at radius 1 is 0.583 bits per heavy atom. The van der Waals surface area contributed by atoms with E-state index in [1.165, 1.54) is 11.8 Å². The maximum absolute atomic E-state index is 2.04. The summed E-state index contributed by atoms with van der Waals surface area (Å²) in [5.74, 6) is 6.95. The number of hydrogen-bond donors (Lipinski definition) is 0. The first-order chi connectivity index (χ1) is 5.97. The molecule has 0 heterocycles. The van der Waals surface area contributed by atoms with Crippen molar-refractivity contribution >= 4 is 0 Å². The first-order valence-corrected chi connectivity index (χ1v) is 5.70. The van der Waals surface area contributed by atoms with Gasteiger partial charge in [0, 0.05) is 0 Å². The summed E-state index contributed by atoms with van der Waals surface area (Å²) in [6.07, 6.45) is 6.31. The SMILES string of the molecule is C1CC2C3=C4C1C2C1C4CCC31. The average molecular weight is 158 g/mol. The second-order valence-electron chi connectivity index (χ2n) is 5.65. The van der Waals surface area contributed by atoms with Crippen LogP contribution in [0.25, 0.3) is 0 Å². The van der Waals surface area contributed by atoms with Crippen LogP contribution in [0.2, 0.25) is 0 Å². The summed E-state index contributed by atoms with van der Waals surface area (Å²) in [6, 6.07) is 0. The van der Waals surface area contributed by atoms with Crippen molar-refractivity contribution in [3.05, 3.63) is 11.1 Å². The minimum Gasteiger partial charge on any atom is -0.0636 e. The molecule has 4 saturated carbocycles. The van der Waals surface area contributed by atoms with Crippen LogP contribution in [-0.4, -0.2) is 0 Å². The lowest BCUT2D eigenvalue weighted by Gasteiger charge is -2.23. The quantitative estimate of drug-likeness (QED) is 0.475. The summed E-state index contributed by atoms with van der Waals surface area (Å²) < 4.78 is 0. The molecule has 0 radical (unpaired) electrons. The highest BCUT2D eigenvalue weighted by atomic mass is 14.7. The van der Waals surface area contributed by atoms with Crippen LogP contribution in [0.5, 0.6) is 0 Å². The van der Waals surface area contributed by atoms with Crippen molar-refractivity contribution in [3.8, 4) is 0 Å². The molecule has 0 aromatic rings. The van der Waals surface area contributed by atoms with Crippen LogP contribution in [0.1, 0.15) is 25.7 Å². The van der Waals surface area contributed by atoms with E-state index in [0.717, 1.165) is 23.7 Å². The molecule has 0 heteroatoms. The van der Waals surface area contributed by atoms with Crippen LogP contribution < -0.4 is 0 Å². The standard InChI is InChI=1S/C12H14/c1-2-6-9-5(1)11-7-3-4-8(10(7)9)12(6)11/h5-10H,1-4H2. The number of hydrogen-bond acceptors (Lipinski definition) is 0. The molecule has 0 aromatic carbocycles. The highest BCUT2D eigenvalue weighted by molar-refractivity contribution is 5.49. The summed E-state index contributed by atoms with van der Waals surface area (Å²) in [6.45, 7) is 0. The van der Waals surface area contributed by atoms with E-state index < -0.39 is 0 Å². The Hall–Kier alpha value is -0.260. The molecular weight excluding hydrogens is 144 g/mol. The zero-order valence-electron chi connectivity index (χ0n) is 7.29. The minimum absolute atomic E-state index is 1.14. The summed E-state index contributed by atoms with van der Waals surface area (Å²) in [5, 5.41) is 0. The molecule has 4 fully saturated rings. The molecule has 4 unspecified atom stereocenters. The Morgan fingerprint density at radius 3 is 1.25 bits per heavy atom. The van der Waals surface area contributed by atoms with Gasteiger partial charge in [-0.15, -0.1) is 0 Å². The van der Waals surface area contributed by atoms with E-state index in [-0.39, 0.29) is 0 Å². The van der Waals surface area contributed by atoms with E-state index in [0.29, 0.717) is 0 Å². The predicted molar refractivity (Wildman–Crippen MR) is 46.4 cm³/mol. The Kier molecular flexibility index (Phi) is 0.603. The van der Waals surface area contributed by atoms with E-state index in [2.05, 4.69) is 0 Å². The van der Waals surface area contributed by atoms with Gasteiger partial charge in [0.25, 0.3) is 0 Å². The van der Waals surface area contributed by atoms with Crippen molar-refractivity contribution in [2.24, 2.45) is 35.5 Å². The Bertz CT molecular complexity index is 265. The third kappa shape index (κ3) is 0.301. The summed E-state index contributed by atoms with van der Waals surface area (Å²) in [7, 11) is 0. The monoisotopic (exact) mass is 158 g/mol. The zero-order valence-corrected chi connectivity index (χ0v) is 7.29. The van der Waals surface area contributed by atoms with Crippen molar-refractivity contribution in [2.75, 3.05) is 0 Å². The van der Waals surface area contributed by atoms with Crippen molar-refractivity contribution in [1.29, 1.82) is 0 Å². The molecule has 62 valence electrons. The van der Waals surface area contributed by atoms with Gasteiger partial charge in [-0.2, -0.15) is 0 Å². The highest BCUT2D eigenvalue weighted by Crippen LogP contribution is 2.79. The fraction of sp³-hybridized carbons (Fsp3) is 0.833. The van der Waals surface area contributed by atoms with Crippen LogP contribution in [0.15, 0.2) is 11.1 Å². The summed E-state index contributed by atoms with van der Waals surface area (Å²) in [4.78, 5) is 0. The molecule has 12 heavy (non-hydrogen) atoms. The lowest BCUT2D eigenvalue weighted by molar-refractivity contribution is 0.322. The van der Waals surface area contributed by atoms with Gasteiger partial charge in [-0.3, -0.25) is 0 Å². The molecule has 6 rings (SSSR count). The Labute approximate surface area is 73.0 Å². The van der Waals surface area contributed by atoms with Crippen LogP contribution in [0.3, 0.4) is 0 Å². The fourth-order valence-electron chi connectivity index (χ4n) is 5.98. The lowest BCUT2D eigenvalue weighted by atomic mass is 9.82. The lowest BCUT2D eigenvalue weighted by Crippen LogP contribution is -2.11. The van der Waals surface area contributed by atoms with Crippen LogP contribution in [0, 0.1) is 35.5 Å². The topological polar surface area (TPSA) is 0 Å². The van der Waals surface area contributed by atoms with Gasteiger partial charge >= 0.3 is 0 Å². The normalized spacial score (nSPS) is 68.0. The maximum Gasteiger partial charge on any atom is -0.0160 e.